The Morgan fingerprint density at radius 1 is 1.40 bits per heavy atom. The second kappa shape index (κ2) is 9.41. The van der Waals surface area contributed by atoms with Crippen molar-refractivity contribution in [3.63, 3.8) is 0 Å². The molecule has 0 spiro atoms. The van der Waals surface area contributed by atoms with E-state index in [1.807, 2.05) is 17.9 Å². The van der Waals surface area contributed by atoms with Crippen LogP contribution in [0, 0.1) is 5.92 Å². The highest BCUT2D eigenvalue weighted by molar-refractivity contribution is 6.35. The zero-order chi connectivity index (χ0) is 18.4. The first-order chi connectivity index (χ1) is 11.9. The molecule has 2 atom stereocenters. The summed E-state index contributed by atoms with van der Waals surface area (Å²) in [7, 11) is 0. The van der Waals surface area contributed by atoms with Gasteiger partial charge in [0.25, 0.3) is 0 Å². The number of halogens is 2. The van der Waals surface area contributed by atoms with E-state index in [0.29, 0.717) is 23.2 Å². The molecule has 7 heteroatoms. The Morgan fingerprint density at radius 2 is 2.16 bits per heavy atom. The average molecular weight is 387 g/mol. The summed E-state index contributed by atoms with van der Waals surface area (Å²) in [5, 5.41) is 4.04. The lowest BCUT2D eigenvalue weighted by Gasteiger charge is -2.31. The molecule has 5 nitrogen and oxygen atoms in total. The molecule has 25 heavy (non-hydrogen) atoms. The lowest BCUT2D eigenvalue weighted by Crippen LogP contribution is -2.45. The van der Waals surface area contributed by atoms with Gasteiger partial charge in [-0.1, -0.05) is 29.3 Å². The molecule has 0 bridgehead atoms. The number of carbonyl (C=O) groups is 2. The van der Waals surface area contributed by atoms with Gasteiger partial charge < -0.3 is 10.1 Å². The third kappa shape index (κ3) is 5.87. The third-order valence-corrected chi connectivity index (χ3v) is 4.86. The molecule has 0 unspecified atom stereocenters. The van der Waals surface area contributed by atoms with Crippen molar-refractivity contribution in [1.82, 2.24) is 10.2 Å². The first-order valence-electron chi connectivity index (χ1n) is 8.54. The summed E-state index contributed by atoms with van der Waals surface area (Å²) in [6.07, 6.45) is 1.70. The standard InChI is InChI=1S/C18H24Cl2N2O3/c1-3-25-18(24)13-5-4-8-22(10-13)11-17(23)21-12(2)15-7-6-14(19)9-16(15)20/h6-7,9,12-13H,3-5,8,10-11H2,1-2H3,(H,21,23)/t12-,13+/m0/s1. The topological polar surface area (TPSA) is 58.6 Å². The number of esters is 1. The molecule has 138 valence electrons. The Morgan fingerprint density at radius 3 is 2.84 bits per heavy atom. The van der Waals surface area contributed by atoms with Gasteiger partial charge in [0.15, 0.2) is 0 Å². The third-order valence-electron chi connectivity index (χ3n) is 4.30. The van der Waals surface area contributed by atoms with Crippen molar-refractivity contribution in [3.8, 4) is 0 Å². The zero-order valence-corrected chi connectivity index (χ0v) is 16.1. The van der Waals surface area contributed by atoms with Crippen LogP contribution in [-0.4, -0.2) is 43.0 Å². The van der Waals surface area contributed by atoms with Gasteiger partial charge in [-0.3, -0.25) is 14.5 Å². The molecular formula is C18H24Cl2N2O3. The normalized spacial score (nSPS) is 19.3. The van der Waals surface area contributed by atoms with Crippen LogP contribution in [0.4, 0.5) is 0 Å². The second-order valence-electron chi connectivity index (χ2n) is 6.28. The summed E-state index contributed by atoms with van der Waals surface area (Å²) in [4.78, 5) is 26.2. The number of amides is 1. The predicted molar refractivity (Wildman–Crippen MR) is 98.8 cm³/mol. The number of piperidine rings is 1. The molecule has 0 aliphatic carbocycles. The van der Waals surface area contributed by atoms with Crippen LogP contribution in [-0.2, 0) is 14.3 Å². The monoisotopic (exact) mass is 386 g/mol. The zero-order valence-electron chi connectivity index (χ0n) is 14.6. The van der Waals surface area contributed by atoms with Crippen molar-refractivity contribution in [2.24, 2.45) is 5.92 Å². The van der Waals surface area contributed by atoms with E-state index in [1.54, 1.807) is 19.1 Å². The lowest BCUT2D eigenvalue weighted by molar-refractivity contribution is -0.150. The van der Waals surface area contributed by atoms with Crippen molar-refractivity contribution in [1.29, 1.82) is 0 Å². The minimum atomic E-state index is -0.220. The van der Waals surface area contributed by atoms with Gasteiger partial charge in [-0.05, 0) is 50.9 Å². The maximum atomic E-state index is 12.3. The molecule has 1 saturated heterocycles. The van der Waals surface area contributed by atoms with E-state index in [-0.39, 0.29) is 30.4 Å². The number of nitrogens with one attached hydrogen (secondary N) is 1. The van der Waals surface area contributed by atoms with Crippen molar-refractivity contribution in [2.45, 2.75) is 32.7 Å². The predicted octanol–water partition coefficient (Wildman–Crippen LogP) is 3.45. The van der Waals surface area contributed by atoms with Crippen LogP contribution in [0.25, 0.3) is 0 Å². The van der Waals surface area contributed by atoms with Crippen LogP contribution in [0.1, 0.15) is 38.3 Å². The first-order valence-corrected chi connectivity index (χ1v) is 9.29. The molecule has 0 saturated carbocycles. The van der Waals surface area contributed by atoms with Crippen LogP contribution in [0.3, 0.4) is 0 Å². The highest BCUT2D eigenvalue weighted by Crippen LogP contribution is 2.26. The molecule has 2 rings (SSSR count). The molecule has 0 aromatic heterocycles. The summed E-state index contributed by atoms with van der Waals surface area (Å²) in [5.74, 6) is -0.415. The molecule has 1 fully saturated rings. The van der Waals surface area contributed by atoms with Gasteiger partial charge in [0.1, 0.15) is 0 Å². The van der Waals surface area contributed by atoms with Crippen LogP contribution < -0.4 is 5.32 Å². The molecule has 1 aliphatic heterocycles. The molecule has 1 amide bonds. The van der Waals surface area contributed by atoms with E-state index < -0.39 is 0 Å². The average Bonchev–Trinajstić information content (AvgIpc) is 2.55. The van der Waals surface area contributed by atoms with Crippen molar-refractivity contribution in [2.75, 3.05) is 26.2 Å². The Kier molecular flexibility index (Phi) is 7.54. The van der Waals surface area contributed by atoms with Crippen LogP contribution in [0.5, 0.6) is 0 Å². The lowest BCUT2D eigenvalue weighted by atomic mass is 9.98. The van der Waals surface area contributed by atoms with E-state index in [2.05, 4.69) is 5.32 Å². The number of likely N-dealkylation sites (tertiary alicyclic amines) is 1. The van der Waals surface area contributed by atoms with E-state index in [1.165, 1.54) is 0 Å². The summed E-state index contributed by atoms with van der Waals surface area (Å²) in [5.41, 5.74) is 0.822. The maximum Gasteiger partial charge on any atom is 0.310 e. The maximum absolute atomic E-state index is 12.3. The summed E-state index contributed by atoms with van der Waals surface area (Å²) < 4.78 is 5.09. The number of carbonyl (C=O) groups excluding carboxylic acids is 2. The van der Waals surface area contributed by atoms with E-state index in [4.69, 9.17) is 27.9 Å². The molecule has 0 radical (unpaired) electrons. The fourth-order valence-electron chi connectivity index (χ4n) is 3.07. The van der Waals surface area contributed by atoms with E-state index >= 15 is 0 Å². The number of benzene rings is 1. The van der Waals surface area contributed by atoms with E-state index in [0.717, 1.165) is 24.9 Å². The van der Waals surface area contributed by atoms with Gasteiger partial charge in [0.2, 0.25) is 5.91 Å². The van der Waals surface area contributed by atoms with E-state index in [9.17, 15) is 9.59 Å². The number of nitrogens with zero attached hydrogens (tertiary/aromatic N) is 1. The minimum absolute atomic E-state index is 0.0944. The van der Waals surface area contributed by atoms with Gasteiger partial charge >= 0.3 is 5.97 Å². The van der Waals surface area contributed by atoms with Gasteiger partial charge in [-0.15, -0.1) is 0 Å². The van der Waals surface area contributed by atoms with Crippen molar-refractivity contribution >= 4 is 35.1 Å². The molecular weight excluding hydrogens is 363 g/mol. The van der Waals surface area contributed by atoms with Gasteiger partial charge in [-0.25, -0.2) is 0 Å². The van der Waals surface area contributed by atoms with Gasteiger partial charge in [-0.2, -0.15) is 0 Å². The fourth-order valence-corrected chi connectivity index (χ4v) is 3.64. The quantitative estimate of drug-likeness (QED) is 0.760. The minimum Gasteiger partial charge on any atom is -0.466 e. The molecule has 1 N–H and O–H groups in total. The fraction of sp³-hybridized carbons (Fsp3) is 0.556. The van der Waals surface area contributed by atoms with Crippen molar-refractivity contribution in [3.05, 3.63) is 33.8 Å². The van der Waals surface area contributed by atoms with Crippen molar-refractivity contribution < 1.29 is 14.3 Å². The second-order valence-corrected chi connectivity index (χ2v) is 7.12. The Balaban J connectivity index is 1.87. The number of rotatable bonds is 6. The van der Waals surface area contributed by atoms with Crippen LogP contribution >= 0.6 is 23.2 Å². The summed E-state index contributed by atoms with van der Waals surface area (Å²) >= 11 is 12.1. The van der Waals surface area contributed by atoms with Crippen LogP contribution in [0.15, 0.2) is 18.2 Å². The number of hydrogen-bond acceptors (Lipinski definition) is 4. The number of ether oxygens (including phenoxy) is 1. The Hall–Kier alpha value is -1.30. The molecule has 1 aliphatic rings. The van der Waals surface area contributed by atoms with Gasteiger partial charge in [0, 0.05) is 16.6 Å². The molecule has 1 aromatic rings. The molecule has 1 heterocycles. The first kappa shape index (κ1) is 20.0. The summed E-state index contributed by atoms with van der Waals surface area (Å²) in [6, 6.07) is 5.01. The van der Waals surface area contributed by atoms with Crippen LogP contribution in [0.2, 0.25) is 10.0 Å². The Bertz CT molecular complexity index is 624. The number of hydrogen-bond donors (Lipinski definition) is 1. The van der Waals surface area contributed by atoms with Gasteiger partial charge in [0.05, 0.1) is 25.1 Å². The highest BCUT2D eigenvalue weighted by Gasteiger charge is 2.28. The smallest absolute Gasteiger partial charge is 0.310 e. The SMILES string of the molecule is CCOC(=O)[C@@H]1CCCN(CC(=O)N[C@@H](C)c2ccc(Cl)cc2Cl)C1. The summed E-state index contributed by atoms with van der Waals surface area (Å²) in [6.45, 7) is 5.68. The molecule has 1 aromatic carbocycles. The highest BCUT2D eigenvalue weighted by atomic mass is 35.5. The largest absolute Gasteiger partial charge is 0.466 e. The Labute approximate surface area is 158 Å².